The van der Waals surface area contributed by atoms with Crippen molar-refractivity contribution in [1.82, 2.24) is 5.32 Å². The number of anilines is 1. The second-order valence-corrected chi connectivity index (χ2v) is 4.66. The fourth-order valence-corrected chi connectivity index (χ4v) is 1.98. The molecule has 0 atom stereocenters. The Bertz CT molecular complexity index is 570. The Morgan fingerprint density at radius 3 is 2.58 bits per heavy atom. The zero-order valence-electron chi connectivity index (χ0n) is 10.4. The van der Waals surface area contributed by atoms with Crippen LogP contribution in [0.4, 0.5) is 5.69 Å². The van der Waals surface area contributed by atoms with E-state index in [0.717, 1.165) is 6.42 Å². The average molecular weight is 275 g/mol. The predicted molar refractivity (Wildman–Crippen MR) is 78.3 cm³/mol. The van der Waals surface area contributed by atoms with E-state index in [1.165, 1.54) is 5.56 Å². The molecule has 2 aromatic rings. The molecule has 0 radical (unpaired) electrons. The molecular weight excluding hydrogens is 260 g/mol. The highest BCUT2D eigenvalue weighted by Gasteiger charge is 2.09. The fourth-order valence-electron chi connectivity index (χ4n) is 1.80. The van der Waals surface area contributed by atoms with Crippen LogP contribution in [0.2, 0.25) is 5.02 Å². The molecule has 4 heteroatoms. The molecule has 3 N–H and O–H groups in total. The number of nitrogens with two attached hydrogens (primary N) is 1. The van der Waals surface area contributed by atoms with Gasteiger partial charge in [0.05, 0.1) is 5.56 Å². The van der Waals surface area contributed by atoms with Gasteiger partial charge in [-0.1, -0.05) is 41.9 Å². The summed E-state index contributed by atoms with van der Waals surface area (Å²) in [7, 11) is 0. The molecule has 0 spiro atoms. The largest absolute Gasteiger partial charge is 0.398 e. The third-order valence-electron chi connectivity index (χ3n) is 2.80. The van der Waals surface area contributed by atoms with E-state index in [1.54, 1.807) is 18.2 Å². The minimum atomic E-state index is -0.176. The zero-order chi connectivity index (χ0) is 13.7. The van der Waals surface area contributed by atoms with Gasteiger partial charge in [0.2, 0.25) is 0 Å². The maximum absolute atomic E-state index is 11.9. The van der Waals surface area contributed by atoms with Crippen molar-refractivity contribution in [2.24, 2.45) is 0 Å². The van der Waals surface area contributed by atoms with Crippen molar-refractivity contribution in [2.75, 3.05) is 12.3 Å². The summed E-state index contributed by atoms with van der Waals surface area (Å²) in [4.78, 5) is 11.9. The zero-order valence-corrected chi connectivity index (χ0v) is 11.2. The summed E-state index contributed by atoms with van der Waals surface area (Å²) in [5, 5.41) is 3.37. The van der Waals surface area contributed by atoms with Gasteiger partial charge in [0.25, 0.3) is 5.91 Å². The smallest absolute Gasteiger partial charge is 0.253 e. The lowest BCUT2D eigenvalue weighted by molar-refractivity contribution is 0.0955. The molecule has 0 fully saturated rings. The lowest BCUT2D eigenvalue weighted by Crippen LogP contribution is -2.26. The number of amides is 1. The molecule has 0 aliphatic heterocycles. The van der Waals surface area contributed by atoms with Crippen LogP contribution in [0.25, 0.3) is 0 Å². The Labute approximate surface area is 117 Å². The van der Waals surface area contributed by atoms with Crippen LogP contribution in [0, 0.1) is 0 Å². The molecule has 0 saturated carbocycles. The van der Waals surface area contributed by atoms with Crippen LogP contribution in [0.5, 0.6) is 0 Å². The Morgan fingerprint density at radius 2 is 1.89 bits per heavy atom. The first kappa shape index (κ1) is 13.4. The van der Waals surface area contributed by atoms with E-state index in [2.05, 4.69) is 5.32 Å². The van der Waals surface area contributed by atoms with Crippen LogP contribution >= 0.6 is 11.6 Å². The van der Waals surface area contributed by atoms with Crippen molar-refractivity contribution < 1.29 is 4.79 Å². The van der Waals surface area contributed by atoms with Gasteiger partial charge in [0.1, 0.15) is 0 Å². The molecule has 0 aromatic heterocycles. The van der Waals surface area contributed by atoms with Gasteiger partial charge >= 0.3 is 0 Å². The molecule has 0 saturated heterocycles. The maximum Gasteiger partial charge on any atom is 0.253 e. The highest BCUT2D eigenvalue weighted by Crippen LogP contribution is 2.17. The topological polar surface area (TPSA) is 55.1 Å². The molecule has 0 heterocycles. The molecular formula is C15H15ClN2O. The average Bonchev–Trinajstić information content (AvgIpc) is 2.39. The Hall–Kier alpha value is -2.00. The quantitative estimate of drug-likeness (QED) is 0.843. The van der Waals surface area contributed by atoms with Gasteiger partial charge in [-0.25, -0.2) is 0 Å². The minimum Gasteiger partial charge on any atom is -0.398 e. The Balaban J connectivity index is 1.91. The number of benzene rings is 2. The van der Waals surface area contributed by atoms with Crippen molar-refractivity contribution in [1.29, 1.82) is 0 Å². The number of rotatable bonds is 4. The first-order chi connectivity index (χ1) is 9.16. The summed E-state index contributed by atoms with van der Waals surface area (Å²) in [6, 6.07) is 14.9. The number of nitrogen functional groups attached to an aromatic ring is 1. The molecule has 1 amide bonds. The first-order valence-electron chi connectivity index (χ1n) is 6.04. The number of carbonyl (C=O) groups excluding carboxylic acids is 1. The van der Waals surface area contributed by atoms with Crippen molar-refractivity contribution in [3.63, 3.8) is 0 Å². The van der Waals surface area contributed by atoms with Crippen LogP contribution in [-0.2, 0) is 6.42 Å². The number of halogens is 1. The number of hydrogen-bond acceptors (Lipinski definition) is 2. The van der Waals surface area contributed by atoms with E-state index in [9.17, 15) is 4.79 Å². The van der Waals surface area contributed by atoms with Crippen LogP contribution in [0.15, 0.2) is 48.5 Å². The second kappa shape index (κ2) is 6.25. The first-order valence-corrected chi connectivity index (χ1v) is 6.42. The highest BCUT2D eigenvalue weighted by atomic mass is 35.5. The molecule has 0 bridgehead atoms. The van der Waals surface area contributed by atoms with Crippen LogP contribution < -0.4 is 11.1 Å². The van der Waals surface area contributed by atoms with E-state index in [1.807, 2.05) is 30.3 Å². The Morgan fingerprint density at radius 1 is 1.16 bits per heavy atom. The van der Waals surface area contributed by atoms with Gasteiger partial charge < -0.3 is 11.1 Å². The third kappa shape index (κ3) is 3.73. The van der Waals surface area contributed by atoms with Gasteiger partial charge in [-0.3, -0.25) is 4.79 Å². The summed E-state index contributed by atoms with van der Waals surface area (Å²) in [5.74, 6) is -0.176. The molecule has 2 aromatic carbocycles. The summed E-state index contributed by atoms with van der Waals surface area (Å²) >= 11 is 5.79. The molecule has 98 valence electrons. The van der Waals surface area contributed by atoms with E-state index >= 15 is 0 Å². The van der Waals surface area contributed by atoms with Gasteiger partial charge in [-0.2, -0.15) is 0 Å². The van der Waals surface area contributed by atoms with E-state index in [-0.39, 0.29) is 5.91 Å². The molecule has 0 aliphatic rings. The molecule has 2 rings (SSSR count). The lowest BCUT2D eigenvalue weighted by atomic mass is 10.1. The van der Waals surface area contributed by atoms with Crippen LogP contribution in [0.3, 0.4) is 0 Å². The molecule has 0 aliphatic carbocycles. The number of hydrogen-bond donors (Lipinski definition) is 2. The number of carbonyl (C=O) groups is 1. The van der Waals surface area contributed by atoms with Crippen molar-refractivity contribution in [3.05, 3.63) is 64.7 Å². The normalized spacial score (nSPS) is 10.2. The minimum absolute atomic E-state index is 0.176. The molecule has 19 heavy (non-hydrogen) atoms. The van der Waals surface area contributed by atoms with Crippen molar-refractivity contribution in [3.8, 4) is 0 Å². The van der Waals surface area contributed by atoms with Crippen molar-refractivity contribution in [2.45, 2.75) is 6.42 Å². The van der Waals surface area contributed by atoms with Crippen LogP contribution in [-0.4, -0.2) is 12.5 Å². The lowest BCUT2D eigenvalue weighted by Gasteiger charge is -2.08. The van der Waals surface area contributed by atoms with E-state index in [4.69, 9.17) is 17.3 Å². The van der Waals surface area contributed by atoms with Gasteiger partial charge in [-0.15, -0.1) is 0 Å². The standard InChI is InChI=1S/C15H15ClN2O/c16-12-6-7-13(14(17)10-12)15(19)18-9-8-11-4-2-1-3-5-11/h1-7,10H,8-9,17H2,(H,18,19). The summed E-state index contributed by atoms with van der Waals surface area (Å²) in [6.45, 7) is 0.574. The summed E-state index contributed by atoms with van der Waals surface area (Å²) in [5.41, 5.74) is 7.80. The van der Waals surface area contributed by atoms with E-state index < -0.39 is 0 Å². The van der Waals surface area contributed by atoms with Gasteiger partial charge in [0.15, 0.2) is 0 Å². The Kier molecular flexibility index (Phi) is 4.42. The fraction of sp³-hybridized carbons (Fsp3) is 0.133. The predicted octanol–water partition coefficient (Wildman–Crippen LogP) is 2.89. The second-order valence-electron chi connectivity index (χ2n) is 4.22. The molecule has 0 unspecified atom stereocenters. The third-order valence-corrected chi connectivity index (χ3v) is 3.04. The SMILES string of the molecule is Nc1cc(Cl)ccc1C(=O)NCCc1ccccc1. The van der Waals surface area contributed by atoms with Gasteiger partial charge in [0, 0.05) is 17.3 Å². The van der Waals surface area contributed by atoms with E-state index in [0.29, 0.717) is 22.8 Å². The highest BCUT2D eigenvalue weighted by molar-refractivity contribution is 6.31. The maximum atomic E-state index is 11.9. The monoisotopic (exact) mass is 274 g/mol. The van der Waals surface area contributed by atoms with Crippen LogP contribution in [0.1, 0.15) is 15.9 Å². The van der Waals surface area contributed by atoms with Gasteiger partial charge in [-0.05, 0) is 30.2 Å². The summed E-state index contributed by atoms with van der Waals surface area (Å²) in [6.07, 6.45) is 0.792. The molecule has 3 nitrogen and oxygen atoms in total. The number of nitrogens with one attached hydrogen (secondary N) is 1. The van der Waals surface area contributed by atoms with Crippen molar-refractivity contribution >= 4 is 23.2 Å². The summed E-state index contributed by atoms with van der Waals surface area (Å²) < 4.78 is 0.